The van der Waals surface area contributed by atoms with E-state index in [0.29, 0.717) is 13.2 Å². The van der Waals surface area contributed by atoms with Crippen LogP contribution in [-0.2, 0) is 16.0 Å². The van der Waals surface area contributed by atoms with E-state index in [0.717, 1.165) is 44.0 Å². The Labute approximate surface area is 108 Å². The fourth-order valence-corrected chi connectivity index (χ4v) is 1.91. The summed E-state index contributed by atoms with van der Waals surface area (Å²) in [5.74, 6) is 0.877. The van der Waals surface area contributed by atoms with Crippen LogP contribution in [0.3, 0.4) is 0 Å². The molecule has 0 amide bonds. The quantitative estimate of drug-likeness (QED) is 0.750. The van der Waals surface area contributed by atoms with Crippen LogP contribution in [0.5, 0.6) is 5.75 Å². The molecule has 18 heavy (non-hydrogen) atoms. The Bertz CT molecular complexity index is 351. The average molecular weight is 251 g/mol. The van der Waals surface area contributed by atoms with Crippen LogP contribution in [0.4, 0.5) is 0 Å². The van der Waals surface area contributed by atoms with Crippen LogP contribution in [0, 0.1) is 0 Å². The number of hydrogen-bond acceptors (Lipinski definition) is 4. The molecule has 1 unspecified atom stereocenters. The first-order valence-electron chi connectivity index (χ1n) is 6.49. The first-order valence-corrected chi connectivity index (χ1v) is 6.49. The first kappa shape index (κ1) is 13.3. The standard InChI is InChI=1S/C14H21NO3/c15-10-12-3-1-4-13(9-12)17-6-2-7-18-14-5-8-16-11-14/h1,3-4,9,14H,2,5-8,10-11,15H2. The van der Waals surface area contributed by atoms with E-state index in [1.54, 1.807) is 0 Å². The van der Waals surface area contributed by atoms with E-state index < -0.39 is 0 Å². The van der Waals surface area contributed by atoms with Crippen LogP contribution in [0.15, 0.2) is 24.3 Å². The van der Waals surface area contributed by atoms with Gasteiger partial charge in [-0.1, -0.05) is 12.1 Å². The number of ether oxygens (including phenoxy) is 3. The second-order valence-corrected chi connectivity index (χ2v) is 4.41. The second-order valence-electron chi connectivity index (χ2n) is 4.41. The summed E-state index contributed by atoms with van der Waals surface area (Å²) in [6.45, 7) is 3.50. The molecule has 1 heterocycles. The normalized spacial score (nSPS) is 19.1. The number of hydrogen-bond donors (Lipinski definition) is 1. The Morgan fingerprint density at radius 2 is 2.28 bits per heavy atom. The Hall–Kier alpha value is -1.10. The Morgan fingerprint density at radius 1 is 1.33 bits per heavy atom. The number of nitrogens with two attached hydrogens (primary N) is 1. The molecule has 0 aromatic heterocycles. The highest BCUT2D eigenvalue weighted by Gasteiger charge is 2.15. The lowest BCUT2D eigenvalue weighted by Gasteiger charge is -2.10. The molecular weight excluding hydrogens is 230 g/mol. The Morgan fingerprint density at radius 3 is 3.06 bits per heavy atom. The van der Waals surface area contributed by atoms with Crippen LogP contribution in [0.1, 0.15) is 18.4 Å². The van der Waals surface area contributed by atoms with Gasteiger partial charge < -0.3 is 19.9 Å². The van der Waals surface area contributed by atoms with Crippen molar-refractivity contribution in [2.45, 2.75) is 25.5 Å². The molecule has 4 heteroatoms. The molecule has 1 atom stereocenters. The number of benzene rings is 1. The van der Waals surface area contributed by atoms with Crippen molar-refractivity contribution in [3.63, 3.8) is 0 Å². The van der Waals surface area contributed by atoms with Crippen LogP contribution in [0.25, 0.3) is 0 Å². The molecule has 0 radical (unpaired) electrons. The summed E-state index contributed by atoms with van der Waals surface area (Å²) in [5, 5.41) is 0. The van der Waals surface area contributed by atoms with Crippen molar-refractivity contribution in [3.05, 3.63) is 29.8 Å². The summed E-state index contributed by atoms with van der Waals surface area (Å²) >= 11 is 0. The summed E-state index contributed by atoms with van der Waals surface area (Å²) in [5.41, 5.74) is 6.67. The predicted octanol–water partition coefficient (Wildman–Crippen LogP) is 1.72. The van der Waals surface area contributed by atoms with E-state index in [2.05, 4.69) is 0 Å². The highest BCUT2D eigenvalue weighted by molar-refractivity contribution is 5.28. The van der Waals surface area contributed by atoms with Crippen molar-refractivity contribution < 1.29 is 14.2 Å². The van der Waals surface area contributed by atoms with Gasteiger partial charge in [-0.05, 0) is 24.1 Å². The molecular formula is C14H21NO3. The van der Waals surface area contributed by atoms with Crippen molar-refractivity contribution in [3.8, 4) is 5.75 Å². The van der Waals surface area contributed by atoms with E-state index in [-0.39, 0.29) is 6.10 Å². The minimum Gasteiger partial charge on any atom is -0.493 e. The molecule has 0 bridgehead atoms. The molecule has 2 rings (SSSR count). The van der Waals surface area contributed by atoms with Gasteiger partial charge in [0.05, 0.1) is 25.9 Å². The lowest BCUT2D eigenvalue weighted by atomic mass is 10.2. The van der Waals surface area contributed by atoms with Crippen LogP contribution >= 0.6 is 0 Å². The predicted molar refractivity (Wildman–Crippen MR) is 69.6 cm³/mol. The van der Waals surface area contributed by atoms with Gasteiger partial charge in [-0.2, -0.15) is 0 Å². The maximum atomic E-state index is 5.66. The third-order valence-corrected chi connectivity index (χ3v) is 2.93. The molecule has 1 aromatic carbocycles. The zero-order chi connectivity index (χ0) is 12.6. The summed E-state index contributed by atoms with van der Waals surface area (Å²) < 4.78 is 16.5. The van der Waals surface area contributed by atoms with Gasteiger partial charge in [-0.3, -0.25) is 0 Å². The smallest absolute Gasteiger partial charge is 0.119 e. The molecule has 1 aliphatic heterocycles. The molecule has 0 saturated carbocycles. The van der Waals surface area contributed by atoms with Gasteiger partial charge in [0, 0.05) is 19.6 Å². The maximum absolute atomic E-state index is 5.66. The largest absolute Gasteiger partial charge is 0.493 e. The lowest BCUT2D eigenvalue weighted by molar-refractivity contribution is 0.0366. The van der Waals surface area contributed by atoms with E-state index in [9.17, 15) is 0 Å². The van der Waals surface area contributed by atoms with E-state index in [4.69, 9.17) is 19.9 Å². The third-order valence-electron chi connectivity index (χ3n) is 2.93. The van der Waals surface area contributed by atoms with Crippen molar-refractivity contribution in [2.75, 3.05) is 26.4 Å². The lowest BCUT2D eigenvalue weighted by Crippen LogP contribution is -2.14. The van der Waals surface area contributed by atoms with E-state index in [1.807, 2.05) is 24.3 Å². The zero-order valence-corrected chi connectivity index (χ0v) is 10.6. The third kappa shape index (κ3) is 4.29. The van der Waals surface area contributed by atoms with Gasteiger partial charge in [0.25, 0.3) is 0 Å². The van der Waals surface area contributed by atoms with Crippen LogP contribution in [-0.4, -0.2) is 32.5 Å². The van der Waals surface area contributed by atoms with Gasteiger partial charge in [0.15, 0.2) is 0 Å². The molecule has 1 aliphatic rings. The van der Waals surface area contributed by atoms with Gasteiger partial charge in [0.2, 0.25) is 0 Å². The minimum atomic E-state index is 0.283. The fourth-order valence-electron chi connectivity index (χ4n) is 1.91. The van der Waals surface area contributed by atoms with Gasteiger partial charge in [-0.15, -0.1) is 0 Å². The molecule has 4 nitrogen and oxygen atoms in total. The number of rotatable bonds is 7. The summed E-state index contributed by atoms with van der Waals surface area (Å²) in [4.78, 5) is 0. The average Bonchev–Trinajstić information content (AvgIpc) is 2.92. The summed E-state index contributed by atoms with van der Waals surface area (Å²) in [7, 11) is 0. The monoisotopic (exact) mass is 251 g/mol. The summed E-state index contributed by atoms with van der Waals surface area (Å²) in [6, 6.07) is 7.89. The van der Waals surface area contributed by atoms with Crippen molar-refractivity contribution in [1.29, 1.82) is 0 Å². The molecule has 2 N–H and O–H groups in total. The van der Waals surface area contributed by atoms with Crippen molar-refractivity contribution in [2.24, 2.45) is 5.73 Å². The van der Waals surface area contributed by atoms with Crippen LogP contribution in [0.2, 0.25) is 0 Å². The highest BCUT2D eigenvalue weighted by atomic mass is 16.5. The molecule has 0 aliphatic carbocycles. The van der Waals surface area contributed by atoms with Crippen molar-refractivity contribution in [1.82, 2.24) is 0 Å². The van der Waals surface area contributed by atoms with Gasteiger partial charge in [-0.25, -0.2) is 0 Å². The summed E-state index contributed by atoms with van der Waals surface area (Å²) in [6.07, 6.45) is 2.19. The zero-order valence-electron chi connectivity index (χ0n) is 10.6. The first-order chi connectivity index (χ1) is 8.88. The maximum Gasteiger partial charge on any atom is 0.119 e. The van der Waals surface area contributed by atoms with Crippen LogP contribution < -0.4 is 10.5 Å². The molecule has 0 spiro atoms. The van der Waals surface area contributed by atoms with E-state index >= 15 is 0 Å². The van der Waals surface area contributed by atoms with Gasteiger partial charge in [0.1, 0.15) is 5.75 Å². The highest BCUT2D eigenvalue weighted by Crippen LogP contribution is 2.13. The molecule has 1 aromatic rings. The van der Waals surface area contributed by atoms with Crippen molar-refractivity contribution >= 4 is 0 Å². The SMILES string of the molecule is NCc1cccc(OCCCOC2CCOC2)c1. The topological polar surface area (TPSA) is 53.7 Å². The Kier molecular flexibility index (Phi) is 5.45. The second kappa shape index (κ2) is 7.36. The molecule has 100 valence electrons. The Balaban J connectivity index is 1.59. The fraction of sp³-hybridized carbons (Fsp3) is 0.571. The van der Waals surface area contributed by atoms with Gasteiger partial charge >= 0.3 is 0 Å². The van der Waals surface area contributed by atoms with E-state index in [1.165, 1.54) is 0 Å². The molecule has 1 fully saturated rings. The minimum absolute atomic E-state index is 0.283. The molecule has 1 saturated heterocycles.